The van der Waals surface area contributed by atoms with Crippen LogP contribution >= 0.6 is 0 Å². The molecule has 0 bridgehead atoms. The zero-order valence-electron chi connectivity index (χ0n) is 16.1. The lowest BCUT2D eigenvalue weighted by Crippen LogP contribution is -2.38. The van der Waals surface area contributed by atoms with Gasteiger partial charge in [-0.15, -0.1) is 0 Å². The number of carbonyl (C=O) groups is 1. The molecular formula is C19H23N5O4. The van der Waals surface area contributed by atoms with Crippen LogP contribution < -0.4 is 21.3 Å². The van der Waals surface area contributed by atoms with Crippen molar-refractivity contribution in [2.45, 2.75) is 19.4 Å². The molecule has 1 aromatic carbocycles. The zero-order valence-corrected chi connectivity index (χ0v) is 16.1. The van der Waals surface area contributed by atoms with Gasteiger partial charge in [-0.3, -0.25) is 18.7 Å². The first-order valence-electron chi connectivity index (χ1n) is 8.93. The highest BCUT2D eigenvalue weighted by Crippen LogP contribution is 2.12. The number of ether oxygens (including phenoxy) is 1. The summed E-state index contributed by atoms with van der Waals surface area (Å²) >= 11 is 0. The van der Waals surface area contributed by atoms with Crippen LogP contribution in [0.15, 0.2) is 40.2 Å². The first kappa shape index (κ1) is 19.4. The summed E-state index contributed by atoms with van der Waals surface area (Å²) < 4.78 is 8.90. The smallest absolute Gasteiger partial charge is 0.332 e. The largest absolute Gasteiger partial charge is 0.497 e. The fraction of sp³-hybridized carbons (Fsp3) is 0.368. The number of benzene rings is 1. The standard InChI is InChI=1S/C19H23N5O4/c1-22-17-16(18(26)23(2)19(22)27)24(12-21-17)11-15(25)20-10-4-5-13-6-8-14(28-3)9-7-13/h6-9,12H,4-5,10-11H2,1-3H3,(H,20,25). The highest BCUT2D eigenvalue weighted by atomic mass is 16.5. The van der Waals surface area contributed by atoms with Crippen molar-refractivity contribution in [3.8, 4) is 5.75 Å². The van der Waals surface area contributed by atoms with E-state index < -0.39 is 11.2 Å². The van der Waals surface area contributed by atoms with Crippen molar-refractivity contribution < 1.29 is 9.53 Å². The van der Waals surface area contributed by atoms with Gasteiger partial charge >= 0.3 is 5.69 Å². The van der Waals surface area contributed by atoms with Crippen molar-refractivity contribution in [3.63, 3.8) is 0 Å². The third kappa shape index (κ3) is 3.83. The maximum absolute atomic E-state index is 12.4. The van der Waals surface area contributed by atoms with Crippen molar-refractivity contribution >= 4 is 17.1 Å². The summed E-state index contributed by atoms with van der Waals surface area (Å²) in [6, 6.07) is 7.81. The maximum Gasteiger partial charge on any atom is 0.332 e. The molecule has 9 nitrogen and oxygen atoms in total. The molecule has 3 aromatic rings. The lowest BCUT2D eigenvalue weighted by molar-refractivity contribution is -0.121. The molecule has 148 valence electrons. The van der Waals surface area contributed by atoms with E-state index in [2.05, 4.69) is 10.3 Å². The van der Waals surface area contributed by atoms with E-state index in [1.807, 2.05) is 24.3 Å². The molecule has 0 aliphatic rings. The second kappa shape index (κ2) is 8.12. The Hall–Kier alpha value is -3.36. The topological polar surface area (TPSA) is 100 Å². The van der Waals surface area contributed by atoms with Gasteiger partial charge in [-0.2, -0.15) is 0 Å². The monoisotopic (exact) mass is 385 g/mol. The summed E-state index contributed by atoms with van der Waals surface area (Å²) in [6.07, 6.45) is 3.03. The lowest BCUT2D eigenvalue weighted by Gasteiger charge is -2.08. The van der Waals surface area contributed by atoms with Crippen LogP contribution in [0.3, 0.4) is 0 Å². The van der Waals surface area contributed by atoms with Gasteiger partial charge in [-0.05, 0) is 30.5 Å². The molecule has 0 atom stereocenters. The summed E-state index contributed by atoms with van der Waals surface area (Å²) in [6.45, 7) is 0.487. The average molecular weight is 385 g/mol. The molecule has 28 heavy (non-hydrogen) atoms. The van der Waals surface area contributed by atoms with Crippen LogP contribution in [0, 0.1) is 0 Å². The van der Waals surface area contributed by atoms with E-state index >= 15 is 0 Å². The fourth-order valence-corrected chi connectivity index (χ4v) is 3.04. The molecule has 1 amide bonds. The Labute approximate surface area is 161 Å². The molecule has 0 spiro atoms. The highest BCUT2D eigenvalue weighted by Gasteiger charge is 2.15. The third-order valence-electron chi connectivity index (χ3n) is 4.65. The van der Waals surface area contributed by atoms with Gasteiger partial charge in [-0.1, -0.05) is 12.1 Å². The van der Waals surface area contributed by atoms with Crippen LogP contribution in [0.25, 0.3) is 11.2 Å². The van der Waals surface area contributed by atoms with E-state index in [0.717, 1.165) is 23.2 Å². The maximum atomic E-state index is 12.4. The molecule has 2 heterocycles. The Bertz CT molecular complexity index is 1110. The summed E-state index contributed by atoms with van der Waals surface area (Å²) in [5.74, 6) is 0.596. The molecule has 1 N–H and O–H groups in total. The van der Waals surface area contributed by atoms with Gasteiger partial charge in [0, 0.05) is 20.6 Å². The van der Waals surface area contributed by atoms with E-state index in [1.54, 1.807) is 14.2 Å². The Morgan fingerprint density at radius 3 is 2.54 bits per heavy atom. The number of amides is 1. The Morgan fingerprint density at radius 2 is 1.86 bits per heavy atom. The van der Waals surface area contributed by atoms with E-state index in [1.165, 1.54) is 28.1 Å². The Balaban J connectivity index is 1.59. The van der Waals surface area contributed by atoms with Crippen LogP contribution in [0.4, 0.5) is 0 Å². The van der Waals surface area contributed by atoms with Crippen LogP contribution in [0.1, 0.15) is 12.0 Å². The van der Waals surface area contributed by atoms with E-state index in [4.69, 9.17) is 4.74 Å². The van der Waals surface area contributed by atoms with Gasteiger partial charge in [-0.25, -0.2) is 9.78 Å². The van der Waals surface area contributed by atoms with E-state index in [-0.39, 0.29) is 23.6 Å². The van der Waals surface area contributed by atoms with Crippen molar-refractivity contribution in [1.82, 2.24) is 24.0 Å². The number of aryl methyl sites for hydroxylation is 2. The quantitative estimate of drug-likeness (QED) is 0.586. The van der Waals surface area contributed by atoms with Gasteiger partial charge in [0.05, 0.1) is 13.4 Å². The fourth-order valence-electron chi connectivity index (χ4n) is 3.04. The van der Waals surface area contributed by atoms with Crippen molar-refractivity contribution in [2.24, 2.45) is 14.1 Å². The summed E-state index contributed by atoms with van der Waals surface area (Å²) in [5.41, 5.74) is 0.743. The highest BCUT2D eigenvalue weighted by molar-refractivity contribution is 5.78. The first-order chi connectivity index (χ1) is 13.4. The predicted octanol–water partition coefficient (Wildman–Crippen LogP) is 0.191. The molecular weight excluding hydrogens is 362 g/mol. The van der Waals surface area contributed by atoms with E-state index in [0.29, 0.717) is 6.54 Å². The van der Waals surface area contributed by atoms with Gasteiger partial charge in [0.15, 0.2) is 11.2 Å². The SMILES string of the molecule is COc1ccc(CCCNC(=O)Cn2cnc3c2c(=O)n(C)c(=O)n3C)cc1. The summed E-state index contributed by atoms with van der Waals surface area (Å²) in [4.78, 5) is 40.7. The minimum atomic E-state index is -0.470. The van der Waals surface area contributed by atoms with Crippen LogP contribution in [-0.2, 0) is 31.9 Å². The second-order valence-corrected chi connectivity index (χ2v) is 6.55. The number of rotatable bonds is 7. The zero-order chi connectivity index (χ0) is 20.3. The lowest BCUT2D eigenvalue weighted by atomic mass is 10.1. The molecule has 0 fully saturated rings. The molecule has 0 radical (unpaired) electrons. The van der Waals surface area contributed by atoms with Crippen LogP contribution in [0.5, 0.6) is 5.75 Å². The normalized spacial score (nSPS) is 11.0. The predicted molar refractivity (Wildman–Crippen MR) is 105 cm³/mol. The second-order valence-electron chi connectivity index (χ2n) is 6.55. The van der Waals surface area contributed by atoms with Crippen LogP contribution in [-0.4, -0.2) is 38.2 Å². The Morgan fingerprint density at radius 1 is 1.14 bits per heavy atom. The number of fused-ring (bicyclic) bond motifs is 1. The molecule has 2 aromatic heterocycles. The number of hydrogen-bond donors (Lipinski definition) is 1. The number of nitrogens with zero attached hydrogens (tertiary/aromatic N) is 4. The van der Waals surface area contributed by atoms with Crippen molar-refractivity contribution in [1.29, 1.82) is 0 Å². The number of carbonyl (C=O) groups excluding carboxylic acids is 1. The molecule has 0 unspecified atom stereocenters. The van der Waals surface area contributed by atoms with Gasteiger partial charge < -0.3 is 14.6 Å². The minimum absolute atomic E-state index is 0.0352. The molecule has 0 saturated carbocycles. The molecule has 9 heteroatoms. The number of hydrogen-bond acceptors (Lipinski definition) is 5. The first-order valence-corrected chi connectivity index (χ1v) is 8.93. The number of aromatic nitrogens is 4. The van der Waals surface area contributed by atoms with E-state index in [9.17, 15) is 14.4 Å². The summed E-state index contributed by atoms with van der Waals surface area (Å²) in [7, 11) is 4.57. The van der Waals surface area contributed by atoms with Gasteiger partial charge in [0.2, 0.25) is 5.91 Å². The molecule has 0 saturated heterocycles. The molecule has 0 aliphatic heterocycles. The van der Waals surface area contributed by atoms with Crippen molar-refractivity contribution in [3.05, 3.63) is 57.0 Å². The van der Waals surface area contributed by atoms with Crippen molar-refractivity contribution in [2.75, 3.05) is 13.7 Å². The third-order valence-corrected chi connectivity index (χ3v) is 4.65. The van der Waals surface area contributed by atoms with Crippen LogP contribution in [0.2, 0.25) is 0 Å². The van der Waals surface area contributed by atoms with Gasteiger partial charge in [0.1, 0.15) is 12.3 Å². The average Bonchev–Trinajstić information content (AvgIpc) is 3.12. The number of methoxy groups -OCH3 is 1. The summed E-state index contributed by atoms with van der Waals surface area (Å²) in [5, 5.41) is 2.85. The minimum Gasteiger partial charge on any atom is -0.497 e. The molecule has 3 rings (SSSR count). The Kier molecular flexibility index (Phi) is 5.62. The molecule has 0 aliphatic carbocycles. The van der Waals surface area contributed by atoms with Gasteiger partial charge in [0.25, 0.3) is 5.56 Å². The number of nitrogens with one attached hydrogen (secondary N) is 1. The number of imidazole rings is 1.